The second-order valence-electron chi connectivity index (χ2n) is 3.67. The van der Waals surface area contributed by atoms with E-state index in [1.165, 1.54) is 12.8 Å². The molecule has 0 fully saturated rings. The van der Waals surface area contributed by atoms with Crippen LogP contribution in [0.1, 0.15) is 19.8 Å². The number of unbranched alkanes of at least 4 members (excludes halogenated alkanes) is 1. The first-order chi connectivity index (χ1) is 8.69. The van der Waals surface area contributed by atoms with Crippen molar-refractivity contribution in [2.75, 3.05) is 0 Å². The maximum atomic E-state index is 9.87. The Hall–Kier alpha value is 0.319. The summed E-state index contributed by atoms with van der Waals surface area (Å²) in [6.07, 6.45) is 8.82. The average Bonchev–Trinajstić information content (AvgIpc) is 2.57. The van der Waals surface area contributed by atoms with Gasteiger partial charge in [0.15, 0.2) is 0 Å². The van der Waals surface area contributed by atoms with Gasteiger partial charge in [0.05, 0.1) is 13.6 Å². The molecule has 0 atom stereocenters. The Balaban J connectivity index is 0. The van der Waals surface area contributed by atoms with Crippen LogP contribution >= 0.6 is 28.0 Å². The Bertz CT molecular complexity index is 371. The van der Waals surface area contributed by atoms with Gasteiger partial charge in [-0.25, -0.2) is 9.13 Å². The third-order valence-electron chi connectivity index (χ3n) is 1.59. The van der Waals surface area contributed by atoms with Crippen LogP contribution in [0.2, 0.25) is 0 Å². The van der Waals surface area contributed by atoms with Gasteiger partial charge in [0, 0.05) is 0 Å². The van der Waals surface area contributed by atoms with Gasteiger partial charge in [0.1, 0.15) is 12.4 Å². The van der Waals surface area contributed by atoms with Crippen LogP contribution in [0.25, 0.3) is 0 Å². The minimum atomic E-state index is -10.7. The van der Waals surface area contributed by atoms with E-state index in [-0.39, 0.29) is 0 Å². The first-order valence-electron chi connectivity index (χ1n) is 5.08. The summed E-state index contributed by atoms with van der Waals surface area (Å²) in [6.45, 7) is 3.36. The van der Waals surface area contributed by atoms with Crippen LogP contribution in [0, 0.1) is 0 Å². The molecule has 1 aromatic rings. The molecule has 0 radical (unpaired) electrons. The zero-order valence-corrected chi connectivity index (χ0v) is 13.9. The molecule has 0 aliphatic rings. The number of nitrogens with zero attached hydrogens (tertiary/aromatic N) is 2. The van der Waals surface area contributed by atoms with Gasteiger partial charge in [-0.2, -0.15) is 0 Å². The molecule has 0 aliphatic heterocycles. The van der Waals surface area contributed by atoms with E-state index in [0.717, 1.165) is 19.7 Å². The summed E-state index contributed by atoms with van der Waals surface area (Å²) >= 11 is 0.757. The fourth-order valence-electron chi connectivity index (χ4n) is 0.975. The van der Waals surface area contributed by atoms with E-state index in [9.17, 15) is 25.2 Å². The molecule has 1 rings (SSSR count). The van der Waals surface area contributed by atoms with Crippen LogP contribution in [-0.4, -0.2) is 4.57 Å². The normalized spacial score (nSPS) is 14.3. The molecule has 20 heavy (non-hydrogen) atoms. The summed E-state index contributed by atoms with van der Waals surface area (Å²) in [5.41, 5.74) is 0. The molecule has 0 amide bonds. The summed E-state index contributed by atoms with van der Waals surface area (Å²) < 4.78 is 63.5. The molecule has 1 aromatic heterocycles. The van der Waals surface area contributed by atoms with E-state index in [1.807, 2.05) is 7.05 Å². The second kappa shape index (κ2) is 8.08. The van der Waals surface area contributed by atoms with E-state index in [1.54, 1.807) is 0 Å². The SMILES string of the molecule is CCCC[n+]1ccn(C)c1.F[P-](F)(F)(F)(F)F.[Cl][Cu][Cl]. The predicted molar refractivity (Wildman–Crippen MR) is 65.8 cm³/mol. The molecule has 1 heterocycles. The molecule has 2 nitrogen and oxygen atoms in total. The molecule has 0 unspecified atom stereocenters. The van der Waals surface area contributed by atoms with Gasteiger partial charge in [-0.05, 0) is 6.42 Å². The third-order valence-corrected chi connectivity index (χ3v) is 1.59. The molecule has 0 saturated carbocycles. The van der Waals surface area contributed by atoms with E-state index < -0.39 is 7.81 Å². The Morgan fingerprint density at radius 3 is 1.80 bits per heavy atom. The number of aryl methyl sites for hydroxylation is 2. The summed E-state index contributed by atoms with van der Waals surface area (Å²) in [5, 5.41) is 0. The molecule has 0 N–H and O–H groups in total. The minimum absolute atomic E-state index is 0.757. The number of hydrogen-bond donors (Lipinski definition) is 0. The second-order valence-corrected chi connectivity index (χ2v) is 7.14. The Morgan fingerprint density at radius 1 is 1.15 bits per heavy atom. The van der Waals surface area contributed by atoms with Crippen LogP contribution in [0.5, 0.6) is 0 Å². The van der Waals surface area contributed by atoms with Crippen LogP contribution in [-0.2, 0) is 26.7 Å². The van der Waals surface area contributed by atoms with Gasteiger partial charge in [0.2, 0.25) is 6.33 Å². The Kier molecular flexibility index (Phi) is 9.13. The summed E-state index contributed by atoms with van der Waals surface area (Å²) in [5.74, 6) is 0. The molecule has 129 valence electrons. The van der Waals surface area contributed by atoms with Crippen LogP contribution in [0.3, 0.4) is 0 Å². The molecule has 12 heteroatoms. The predicted octanol–water partition coefficient (Wildman–Crippen LogP) is 5.87. The molecule has 0 aliphatic carbocycles. The van der Waals surface area contributed by atoms with Gasteiger partial charge < -0.3 is 0 Å². The topological polar surface area (TPSA) is 8.81 Å². The first kappa shape index (κ1) is 22.6. The number of imidazole rings is 1. The zero-order chi connectivity index (χ0) is 16.5. The number of aromatic nitrogens is 2. The summed E-state index contributed by atoms with van der Waals surface area (Å²) in [4.78, 5) is 0. The quantitative estimate of drug-likeness (QED) is 0.251. The number of hydrogen-bond acceptors (Lipinski definition) is 0. The molecular formula is C8H15Cl2CuF6N2P. The molecule has 0 aromatic carbocycles. The molecular weight excluding hydrogens is 404 g/mol. The Morgan fingerprint density at radius 2 is 1.55 bits per heavy atom. The first-order valence-corrected chi connectivity index (χ1v) is 9.70. The van der Waals surface area contributed by atoms with E-state index in [0.29, 0.717) is 0 Å². The molecule has 0 bridgehead atoms. The van der Waals surface area contributed by atoms with E-state index in [4.69, 9.17) is 0 Å². The average molecular weight is 419 g/mol. The van der Waals surface area contributed by atoms with Crippen LogP contribution in [0.15, 0.2) is 18.7 Å². The van der Waals surface area contributed by atoms with Crippen LogP contribution in [0.4, 0.5) is 25.2 Å². The molecule has 0 spiro atoms. The van der Waals surface area contributed by atoms with Crippen molar-refractivity contribution in [1.82, 2.24) is 4.57 Å². The van der Waals surface area contributed by atoms with Gasteiger partial charge >= 0.3 is 66.3 Å². The standard InChI is InChI=1S/C8H15N2.2ClH.Cu.F6P/c1-3-4-5-10-7-6-9(2)8-10;;;;1-7(2,3,4,5)6/h6-8H,3-5H2,1-2H3;2*1H;;/q+1;;;+2;-1/p-2. The van der Waals surface area contributed by atoms with Crippen molar-refractivity contribution in [1.29, 1.82) is 0 Å². The van der Waals surface area contributed by atoms with Crippen molar-refractivity contribution in [3.05, 3.63) is 18.7 Å². The van der Waals surface area contributed by atoms with Gasteiger partial charge in [0.25, 0.3) is 0 Å². The fourth-order valence-corrected chi connectivity index (χ4v) is 0.975. The number of halogens is 8. The molecule has 0 saturated heterocycles. The summed E-state index contributed by atoms with van der Waals surface area (Å²) in [6, 6.07) is 0. The van der Waals surface area contributed by atoms with Crippen molar-refractivity contribution >= 4 is 28.0 Å². The fraction of sp³-hybridized carbons (Fsp3) is 0.625. The van der Waals surface area contributed by atoms with Gasteiger partial charge in [-0.3, -0.25) is 0 Å². The van der Waals surface area contributed by atoms with Crippen molar-refractivity contribution in [2.45, 2.75) is 26.3 Å². The van der Waals surface area contributed by atoms with Crippen molar-refractivity contribution in [3.8, 4) is 0 Å². The number of rotatable bonds is 3. The van der Waals surface area contributed by atoms with Gasteiger partial charge in [-0.15, -0.1) is 0 Å². The zero-order valence-electron chi connectivity index (χ0n) is 10.5. The van der Waals surface area contributed by atoms with Crippen LogP contribution < -0.4 is 4.57 Å². The van der Waals surface area contributed by atoms with Gasteiger partial charge in [-0.1, -0.05) is 13.3 Å². The third kappa shape index (κ3) is 31.0. The van der Waals surface area contributed by atoms with E-state index >= 15 is 0 Å². The van der Waals surface area contributed by atoms with Crippen molar-refractivity contribution < 1.29 is 42.9 Å². The van der Waals surface area contributed by atoms with Crippen molar-refractivity contribution in [2.24, 2.45) is 7.05 Å². The Labute approximate surface area is 127 Å². The van der Waals surface area contributed by atoms with E-state index in [2.05, 4.69) is 55.0 Å². The maximum absolute atomic E-state index is 10.7. The van der Waals surface area contributed by atoms with Crippen molar-refractivity contribution in [3.63, 3.8) is 0 Å². The summed E-state index contributed by atoms with van der Waals surface area (Å²) in [7, 11) is 0.727. The monoisotopic (exact) mass is 417 g/mol.